The molecule has 1 amide bonds. The maximum absolute atomic E-state index is 12.1. The Kier molecular flexibility index (Phi) is 6.78. The van der Waals surface area contributed by atoms with Crippen LogP contribution >= 0.6 is 22.9 Å². The van der Waals surface area contributed by atoms with Gasteiger partial charge in [-0.3, -0.25) is 9.59 Å². The zero-order valence-electron chi connectivity index (χ0n) is 15.1. The molecule has 0 saturated carbocycles. The lowest BCUT2D eigenvalue weighted by atomic mass is 10.2. The lowest BCUT2D eigenvalue weighted by Gasteiger charge is -2.13. The number of carbonyl (C=O) groups excluding carboxylic acids is 2. The third-order valence-electron chi connectivity index (χ3n) is 3.84. The van der Waals surface area contributed by atoms with Crippen molar-refractivity contribution in [2.24, 2.45) is 0 Å². The maximum Gasteiger partial charge on any atom is 0.307 e. The molecule has 0 bridgehead atoms. The van der Waals surface area contributed by atoms with Gasteiger partial charge in [0.05, 0.1) is 11.3 Å². The molecule has 3 aromatic rings. The van der Waals surface area contributed by atoms with E-state index < -0.39 is 18.0 Å². The average molecular weight is 420 g/mol. The quantitative estimate of drug-likeness (QED) is 0.560. The summed E-state index contributed by atoms with van der Waals surface area (Å²) in [4.78, 5) is 29.2. The Hall–Kier alpha value is -2.71. The second-order valence-electron chi connectivity index (χ2n) is 5.93. The molecule has 28 heavy (non-hydrogen) atoms. The standard InChI is InChI=1S/C19H18ClN3O4S/c1-12(19(25)21-11-13-5-2-3-6-14(13)20)26-17(24)9-8-16-22-18(23-27-16)15-7-4-10-28-15/h2-7,10,12H,8-9,11H2,1H3,(H,21,25). The molecule has 1 N–H and O–H groups in total. The highest BCUT2D eigenvalue weighted by atomic mass is 35.5. The minimum atomic E-state index is -0.917. The number of hydrogen-bond donors (Lipinski definition) is 1. The minimum Gasteiger partial charge on any atom is -0.453 e. The number of carbonyl (C=O) groups is 2. The van der Waals surface area contributed by atoms with Crippen molar-refractivity contribution in [2.45, 2.75) is 32.4 Å². The normalized spacial score (nSPS) is 11.8. The second kappa shape index (κ2) is 9.48. The van der Waals surface area contributed by atoms with Gasteiger partial charge in [0.1, 0.15) is 0 Å². The first kappa shape index (κ1) is 20.0. The summed E-state index contributed by atoms with van der Waals surface area (Å²) in [5.74, 6) is -0.0795. The van der Waals surface area contributed by atoms with Gasteiger partial charge in [-0.15, -0.1) is 11.3 Å². The van der Waals surface area contributed by atoms with Crippen LogP contribution in [0.15, 0.2) is 46.3 Å². The fourth-order valence-electron chi connectivity index (χ4n) is 2.35. The molecule has 0 fully saturated rings. The van der Waals surface area contributed by atoms with Gasteiger partial charge < -0.3 is 14.6 Å². The van der Waals surface area contributed by atoms with Crippen LogP contribution in [0.25, 0.3) is 10.7 Å². The SMILES string of the molecule is CC(OC(=O)CCc1nc(-c2cccs2)no1)C(=O)NCc1ccccc1Cl. The van der Waals surface area contributed by atoms with E-state index in [9.17, 15) is 9.59 Å². The van der Waals surface area contributed by atoms with Crippen LogP contribution in [0.2, 0.25) is 5.02 Å². The number of hydrogen-bond acceptors (Lipinski definition) is 7. The summed E-state index contributed by atoms with van der Waals surface area (Å²) in [5.41, 5.74) is 0.786. The Bertz CT molecular complexity index is 942. The van der Waals surface area contributed by atoms with Gasteiger partial charge in [0.15, 0.2) is 6.10 Å². The van der Waals surface area contributed by atoms with Crippen LogP contribution in [0.4, 0.5) is 0 Å². The van der Waals surface area contributed by atoms with Crippen molar-refractivity contribution in [3.05, 3.63) is 58.3 Å². The second-order valence-corrected chi connectivity index (χ2v) is 7.29. The number of esters is 1. The van der Waals surface area contributed by atoms with E-state index in [4.69, 9.17) is 20.9 Å². The predicted octanol–water partition coefficient (Wildman–Crippen LogP) is 3.63. The van der Waals surface area contributed by atoms with Crippen LogP contribution in [0.3, 0.4) is 0 Å². The number of amides is 1. The van der Waals surface area contributed by atoms with E-state index in [1.54, 1.807) is 6.07 Å². The van der Waals surface area contributed by atoms with Crippen molar-refractivity contribution in [3.8, 4) is 10.7 Å². The molecule has 7 nitrogen and oxygen atoms in total. The van der Waals surface area contributed by atoms with Crippen molar-refractivity contribution in [3.63, 3.8) is 0 Å². The van der Waals surface area contributed by atoms with Gasteiger partial charge in [0.2, 0.25) is 11.7 Å². The number of halogens is 1. The van der Waals surface area contributed by atoms with E-state index in [1.807, 2.05) is 35.7 Å². The van der Waals surface area contributed by atoms with Crippen molar-refractivity contribution < 1.29 is 18.8 Å². The van der Waals surface area contributed by atoms with Gasteiger partial charge in [-0.05, 0) is 30.0 Å². The van der Waals surface area contributed by atoms with Gasteiger partial charge in [-0.1, -0.05) is 41.0 Å². The van der Waals surface area contributed by atoms with Crippen molar-refractivity contribution in [2.75, 3.05) is 0 Å². The molecule has 2 aromatic heterocycles. The van der Waals surface area contributed by atoms with Crippen LogP contribution in [0.5, 0.6) is 0 Å². The van der Waals surface area contributed by atoms with Crippen LogP contribution in [0.1, 0.15) is 24.8 Å². The minimum absolute atomic E-state index is 0.0359. The lowest BCUT2D eigenvalue weighted by Crippen LogP contribution is -2.35. The Balaban J connectivity index is 1.42. The predicted molar refractivity (Wildman–Crippen MR) is 105 cm³/mol. The summed E-state index contributed by atoms with van der Waals surface area (Å²) in [5, 5.41) is 9.06. The number of ether oxygens (including phenoxy) is 1. The third-order valence-corrected chi connectivity index (χ3v) is 5.08. The van der Waals surface area contributed by atoms with Crippen LogP contribution in [0, 0.1) is 0 Å². The first-order valence-corrected chi connectivity index (χ1v) is 9.85. The zero-order valence-corrected chi connectivity index (χ0v) is 16.6. The lowest BCUT2D eigenvalue weighted by molar-refractivity contribution is -0.154. The first-order chi connectivity index (χ1) is 13.5. The number of benzene rings is 1. The van der Waals surface area contributed by atoms with Crippen LogP contribution in [-0.2, 0) is 27.3 Å². The average Bonchev–Trinajstić information content (AvgIpc) is 3.37. The molecule has 0 saturated heterocycles. The van der Waals surface area contributed by atoms with Crippen molar-refractivity contribution >= 4 is 34.8 Å². The van der Waals surface area contributed by atoms with Gasteiger partial charge in [-0.2, -0.15) is 4.98 Å². The van der Waals surface area contributed by atoms with Crippen LogP contribution in [-0.4, -0.2) is 28.1 Å². The number of thiophene rings is 1. The Morgan fingerprint density at radius 2 is 2.11 bits per heavy atom. The summed E-state index contributed by atoms with van der Waals surface area (Å²) >= 11 is 7.55. The van der Waals surface area contributed by atoms with E-state index in [2.05, 4.69) is 15.5 Å². The smallest absolute Gasteiger partial charge is 0.307 e. The molecule has 0 radical (unpaired) electrons. The summed E-state index contributed by atoms with van der Waals surface area (Å²) in [7, 11) is 0. The highest BCUT2D eigenvalue weighted by molar-refractivity contribution is 7.13. The van der Waals surface area contributed by atoms with Crippen molar-refractivity contribution in [1.82, 2.24) is 15.5 Å². The summed E-state index contributed by atoms with van der Waals surface area (Å²) in [6.07, 6.45) is -0.640. The third kappa shape index (κ3) is 5.40. The molecule has 0 aliphatic heterocycles. The largest absolute Gasteiger partial charge is 0.453 e. The van der Waals surface area contributed by atoms with Crippen molar-refractivity contribution in [1.29, 1.82) is 0 Å². The molecule has 0 aliphatic carbocycles. The number of nitrogens with one attached hydrogen (secondary N) is 1. The maximum atomic E-state index is 12.1. The molecule has 9 heteroatoms. The summed E-state index contributed by atoms with van der Waals surface area (Å²) < 4.78 is 10.3. The topological polar surface area (TPSA) is 94.3 Å². The summed E-state index contributed by atoms with van der Waals surface area (Å²) in [6, 6.07) is 11.0. The zero-order chi connectivity index (χ0) is 19.9. The number of aromatic nitrogens is 2. The van der Waals surface area contributed by atoms with E-state index in [0.29, 0.717) is 16.7 Å². The molecule has 1 aromatic carbocycles. The molecule has 1 atom stereocenters. The molecular weight excluding hydrogens is 402 g/mol. The van der Waals surface area contributed by atoms with E-state index in [0.717, 1.165) is 10.4 Å². The van der Waals surface area contributed by atoms with Gasteiger partial charge in [0, 0.05) is 18.0 Å². The Morgan fingerprint density at radius 1 is 1.29 bits per heavy atom. The monoisotopic (exact) mass is 419 g/mol. The number of aryl methyl sites for hydroxylation is 1. The highest BCUT2D eigenvalue weighted by Crippen LogP contribution is 2.21. The molecule has 0 aliphatic rings. The fourth-order valence-corrected chi connectivity index (χ4v) is 3.20. The Morgan fingerprint density at radius 3 is 2.86 bits per heavy atom. The molecule has 0 spiro atoms. The molecule has 1 unspecified atom stereocenters. The van der Waals surface area contributed by atoms with Crippen LogP contribution < -0.4 is 5.32 Å². The van der Waals surface area contributed by atoms with E-state index in [-0.39, 0.29) is 19.4 Å². The van der Waals surface area contributed by atoms with Gasteiger partial charge >= 0.3 is 5.97 Å². The summed E-state index contributed by atoms with van der Waals surface area (Å²) in [6.45, 7) is 1.77. The first-order valence-electron chi connectivity index (χ1n) is 8.60. The van der Waals surface area contributed by atoms with E-state index >= 15 is 0 Å². The molecule has 146 valence electrons. The van der Waals surface area contributed by atoms with Gasteiger partial charge in [0.25, 0.3) is 5.91 Å². The molecule has 2 heterocycles. The highest BCUT2D eigenvalue weighted by Gasteiger charge is 2.19. The number of nitrogens with zero attached hydrogens (tertiary/aromatic N) is 2. The van der Waals surface area contributed by atoms with Gasteiger partial charge in [-0.25, -0.2) is 0 Å². The molecule has 3 rings (SSSR count). The fraction of sp³-hybridized carbons (Fsp3) is 0.263. The van der Waals surface area contributed by atoms with E-state index in [1.165, 1.54) is 18.3 Å². The molecular formula is C19H18ClN3O4S. The Labute approximate surface area is 170 Å². The number of rotatable bonds is 8.